The minimum absolute atomic E-state index is 0.0616. The van der Waals surface area contributed by atoms with Gasteiger partial charge in [0.1, 0.15) is 5.75 Å². The first-order chi connectivity index (χ1) is 15.0. The smallest absolute Gasteiger partial charge is 0.253 e. The van der Waals surface area contributed by atoms with Gasteiger partial charge in [0.15, 0.2) is 0 Å². The van der Waals surface area contributed by atoms with Crippen molar-refractivity contribution >= 4 is 17.3 Å². The molecule has 1 N–H and O–H groups in total. The van der Waals surface area contributed by atoms with E-state index in [0.29, 0.717) is 30.6 Å². The van der Waals surface area contributed by atoms with Gasteiger partial charge in [-0.25, -0.2) is 0 Å². The van der Waals surface area contributed by atoms with Gasteiger partial charge in [-0.1, -0.05) is 19.1 Å². The van der Waals surface area contributed by atoms with Gasteiger partial charge < -0.3 is 14.9 Å². The molecule has 0 unspecified atom stereocenters. The number of carbonyl (C=O) groups is 1. The maximum atomic E-state index is 12.7. The zero-order valence-electron chi connectivity index (χ0n) is 19.0. The summed E-state index contributed by atoms with van der Waals surface area (Å²) in [5.74, 6) is 0.757. The highest BCUT2D eigenvalue weighted by Crippen LogP contribution is 2.35. The third kappa shape index (κ3) is 5.28. The van der Waals surface area contributed by atoms with Crippen LogP contribution in [0.15, 0.2) is 61.2 Å². The number of nitrogens with zero attached hydrogens (tertiary/aromatic N) is 3. The standard InChI is InChI=1S/C26H35N3O2/c1-5-16-27-17-15-25(20(4)19-27)29(23-9-8-10-24(30)18-23)22-13-11-21(12-14-22)26(31)28(6-2)7-3/h5,8-14,18,20,25,30H,1,6-7,15-17,19H2,2-4H3/t20-,25+/m0/s1. The predicted octanol–water partition coefficient (Wildman–Crippen LogP) is 4.91. The van der Waals surface area contributed by atoms with E-state index in [1.54, 1.807) is 6.07 Å². The number of anilines is 2. The highest BCUT2D eigenvalue weighted by Gasteiger charge is 2.31. The van der Waals surface area contributed by atoms with E-state index in [2.05, 4.69) is 23.3 Å². The van der Waals surface area contributed by atoms with E-state index in [0.717, 1.165) is 37.4 Å². The number of piperidine rings is 1. The summed E-state index contributed by atoms with van der Waals surface area (Å²) in [5, 5.41) is 10.1. The third-order valence-corrected chi connectivity index (χ3v) is 6.21. The average Bonchev–Trinajstić information content (AvgIpc) is 2.77. The summed E-state index contributed by atoms with van der Waals surface area (Å²) < 4.78 is 0. The van der Waals surface area contributed by atoms with Crippen molar-refractivity contribution in [3.8, 4) is 5.75 Å². The lowest BCUT2D eigenvalue weighted by molar-refractivity contribution is 0.0773. The van der Waals surface area contributed by atoms with Crippen LogP contribution in [-0.4, -0.2) is 59.6 Å². The number of phenolic OH excluding ortho intramolecular Hbond substituents is 1. The summed E-state index contributed by atoms with van der Waals surface area (Å²) >= 11 is 0. The Morgan fingerprint density at radius 2 is 1.87 bits per heavy atom. The van der Waals surface area contributed by atoms with E-state index in [-0.39, 0.29) is 11.7 Å². The molecule has 2 aromatic carbocycles. The predicted molar refractivity (Wildman–Crippen MR) is 128 cm³/mol. The van der Waals surface area contributed by atoms with Gasteiger partial charge in [0.05, 0.1) is 0 Å². The topological polar surface area (TPSA) is 47.0 Å². The molecular weight excluding hydrogens is 386 g/mol. The van der Waals surface area contributed by atoms with Crippen LogP contribution in [0.4, 0.5) is 11.4 Å². The molecule has 2 atom stereocenters. The molecule has 5 heteroatoms. The fourth-order valence-corrected chi connectivity index (χ4v) is 4.58. The van der Waals surface area contributed by atoms with Gasteiger partial charge in [-0.2, -0.15) is 0 Å². The van der Waals surface area contributed by atoms with E-state index in [9.17, 15) is 9.90 Å². The Labute approximate surface area is 186 Å². The molecule has 1 aliphatic heterocycles. The van der Waals surface area contributed by atoms with E-state index in [1.807, 2.05) is 67.3 Å². The van der Waals surface area contributed by atoms with Crippen LogP contribution in [0.3, 0.4) is 0 Å². The molecule has 1 saturated heterocycles. The van der Waals surface area contributed by atoms with E-state index >= 15 is 0 Å². The Hall–Kier alpha value is -2.79. The van der Waals surface area contributed by atoms with Crippen molar-refractivity contribution in [3.63, 3.8) is 0 Å². The Balaban J connectivity index is 1.92. The lowest BCUT2D eigenvalue weighted by Crippen LogP contribution is -2.48. The number of hydrogen-bond acceptors (Lipinski definition) is 4. The molecule has 2 aromatic rings. The number of aromatic hydroxyl groups is 1. The van der Waals surface area contributed by atoms with Gasteiger partial charge >= 0.3 is 0 Å². The van der Waals surface area contributed by atoms with Gasteiger partial charge in [-0.3, -0.25) is 9.69 Å². The zero-order chi connectivity index (χ0) is 22.4. The molecule has 1 aliphatic rings. The van der Waals surface area contributed by atoms with Crippen LogP contribution < -0.4 is 4.90 Å². The van der Waals surface area contributed by atoms with Crippen LogP contribution in [0.2, 0.25) is 0 Å². The van der Waals surface area contributed by atoms with Crippen LogP contribution in [-0.2, 0) is 0 Å². The molecule has 0 bridgehead atoms. The van der Waals surface area contributed by atoms with Crippen molar-refractivity contribution in [2.75, 3.05) is 37.6 Å². The van der Waals surface area contributed by atoms with Gasteiger partial charge in [0.2, 0.25) is 0 Å². The minimum atomic E-state index is 0.0616. The number of rotatable bonds is 8. The van der Waals surface area contributed by atoms with Crippen molar-refractivity contribution in [2.24, 2.45) is 5.92 Å². The van der Waals surface area contributed by atoms with Crippen LogP contribution in [0.5, 0.6) is 5.75 Å². The largest absolute Gasteiger partial charge is 0.508 e. The van der Waals surface area contributed by atoms with Crippen molar-refractivity contribution in [1.82, 2.24) is 9.80 Å². The second kappa shape index (κ2) is 10.5. The molecule has 166 valence electrons. The highest BCUT2D eigenvalue weighted by atomic mass is 16.3. The van der Waals surface area contributed by atoms with Crippen molar-refractivity contribution in [3.05, 3.63) is 66.7 Å². The van der Waals surface area contributed by atoms with Crippen LogP contribution in [0.25, 0.3) is 0 Å². The van der Waals surface area contributed by atoms with Gasteiger partial charge in [0, 0.05) is 61.8 Å². The number of amides is 1. The lowest BCUT2D eigenvalue weighted by atomic mass is 9.91. The first kappa shape index (κ1) is 22.9. The summed E-state index contributed by atoms with van der Waals surface area (Å²) in [5.41, 5.74) is 2.71. The molecule has 5 nitrogen and oxygen atoms in total. The number of hydrogen-bond donors (Lipinski definition) is 1. The molecule has 1 amide bonds. The molecule has 3 rings (SSSR count). The summed E-state index contributed by atoms with van der Waals surface area (Å²) in [4.78, 5) is 19.3. The molecule has 0 aliphatic carbocycles. The van der Waals surface area contributed by atoms with Crippen LogP contribution in [0.1, 0.15) is 37.6 Å². The number of benzene rings is 2. The Morgan fingerprint density at radius 3 is 2.45 bits per heavy atom. The van der Waals surface area contributed by atoms with Crippen molar-refractivity contribution in [2.45, 2.75) is 33.2 Å². The minimum Gasteiger partial charge on any atom is -0.508 e. The molecule has 0 spiro atoms. The first-order valence-electron chi connectivity index (χ1n) is 11.3. The Bertz CT molecular complexity index is 876. The molecule has 0 saturated carbocycles. The molecule has 1 heterocycles. The summed E-state index contributed by atoms with van der Waals surface area (Å²) in [6.45, 7) is 14.5. The second-order valence-electron chi connectivity index (χ2n) is 8.30. The van der Waals surface area contributed by atoms with Crippen LogP contribution >= 0.6 is 0 Å². The number of likely N-dealkylation sites (tertiary alicyclic amines) is 1. The monoisotopic (exact) mass is 421 g/mol. The fourth-order valence-electron chi connectivity index (χ4n) is 4.58. The van der Waals surface area contributed by atoms with E-state index in [4.69, 9.17) is 0 Å². The highest BCUT2D eigenvalue weighted by molar-refractivity contribution is 5.94. The van der Waals surface area contributed by atoms with E-state index in [1.165, 1.54) is 0 Å². The van der Waals surface area contributed by atoms with E-state index < -0.39 is 0 Å². The number of phenols is 1. The fraction of sp³-hybridized carbons (Fsp3) is 0.423. The van der Waals surface area contributed by atoms with Crippen LogP contribution in [0, 0.1) is 5.92 Å². The van der Waals surface area contributed by atoms with Crippen molar-refractivity contribution < 1.29 is 9.90 Å². The Kier molecular flexibility index (Phi) is 7.75. The Morgan fingerprint density at radius 1 is 1.16 bits per heavy atom. The van der Waals surface area contributed by atoms with Crippen molar-refractivity contribution in [1.29, 1.82) is 0 Å². The molecule has 1 fully saturated rings. The maximum Gasteiger partial charge on any atom is 0.253 e. The average molecular weight is 422 g/mol. The molecular formula is C26H35N3O2. The normalized spacial score (nSPS) is 19.1. The number of carbonyl (C=O) groups excluding carboxylic acids is 1. The molecule has 31 heavy (non-hydrogen) atoms. The molecule has 0 aromatic heterocycles. The lowest BCUT2D eigenvalue weighted by Gasteiger charge is -2.43. The van der Waals surface area contributed by atoms with Gasteiger partial charge in [-0.05, 0) is 62.6 Å². The SMILES string of the molecule is C=CCN1CC[C@@H](N(c2ccc(C(=O)N(CC)CC)cc2)c2cccc(O)c2)[C@@H](C)C1. The second-order valence-corrected chi connectivity index (χ2v) is 8.30. The van der Waals surface area contributed by atoms with Gasteiger partial charge in [0.25, 0.3) is 5.91 Å². The summed E-state index contributed by atoms with van der Waals surface area (Å²) in [6, 6.07) is 15.6. The molecule has 0 radical (unpaired) electrons. The summed E-state index contributed by atoms with van der Waals surface area (Å²) in [7, 11) is 0. The zero-order valence-corrected chi connectivity index (χ0v) is 19.0. The van der Waals surface area contributed by atoms with Gasteiger partial charge in [-0.15, -0.1) is 6.58 Å². The quantitative estimate of drug-likeness (QED) is 0.615. The third-order valence-electron chi connectivity index (χ3n) is 6.21. The summed E-state index contributed by atoms with van der Waals surface area (Å²) in [6.07, 6.45) is 2.98. The maximum absolute atomic E-state index is 12.7. The first-order valence-corrected chi connectivity index (χ1v) is 11.3.